The van der Waals surface area contributed by atoms with Gasteiger partial charge in [-0.05, 0) is 6.07 Å². The van der Waals surface area contributed by atoms with Gasteiger partial charge in [-0.25, -0.2) is 0 Å². The van der Waals surface area contributed by atoms with Crippen molar-refractivity contribution < 1.29 is 14.1 Å². The van der Waals surface area contributed by atoms with E-state index in [1.54, 1.807) is 4.90 Å². The monoisotopic (exact) mass is 225 g/mol. The third-order valence-electron chi connectivity index (χ3n) is 2.39. The van der Waals surface area contributed by atoms with Gasteiger partial charge in [0.15, 0.2) is 5.76 Å². The van der Waals surface area contributed by atoms with Crippen LogP contribution in [0.2, 0.25) is 0 Å². The lowest BCUT2D eigenvalue weighted by atomic mass is 10.3. The van der Waals surface area contributed by atoms with Gasteiger partial charge in [-0.3, -0.25) is 14.9 Å². The minimum atomic E-state index is -0.658. The van der Waals surface area contributed by atoms with Gasteiger partial charge in [0.05, 0.1) is 6.07 Å². The molecule has 1 N–H and O–H groups in total. The molecule has 0 radical (unpaired) electrons. The minimum Gasteiger partial charge on any atom is -0.395 e. The Morgan fingerprint density at radius 2 is 2.12 bits per heavy atom. The summed E-state index contributed by atoms with van der Waals surface area (Å²) in [6.07, 6.45) is 0. The molecule has 86 valence electrons. The van der Waals surface area contributed by atoms with Crippen molar-refractivity contribution in [3.05, 3.63) is 28.0 Å². The highest BCUT2D eigenvalue weighted by Gasteiger charge is 2.23. The van der Waals surface area contributed by atoms with E-state index in [1.165, 1.54) is 12.1 Å². The summed E-state index contributed by atoms with van der Waals surface area (Å²) in [6, 6.07) is 2.53. The summed E-state index contributed by atoms with van der Waals surface area (Å²) in [5, 5.41) is 13.5. The van der Waals surface area contributed by atoms with Crippen molar-refractivity contribution in [3.8, 4) is 0 Å². The van der Waals surface area contributed by atoms with E-state index in [4.69, 9.17) is 4.42 Å². The van der Waals surface area contributed by atoms with Crippen LogP contribution in [0.5, 0.6) is 0 Å². The highest BCUT2D eigenvalue weighted by atomic mass is 16.6. The van der Waals surface area contributed by atoms with E-state index in [-0.39, 0.29) is 11.7 Å². The Bertz CT molecular complexity index is 409. The molecule has 0 aromatic carbocycles. The average molecular weight is 225 g/mol. The van der Waals surface area contributed by atoms with Crippen LogP contribution >= 0.6 is 0 Å². The lowest BCUT2D eigenvalue weighted by molar-refractivity contribution is -0.402. The standard InChI is InChI=1S/C9H11N3O4/c13-9(11-5-3-10-4-6-11)7-1-2-8(16-7)12(14)15/h1-2,10H,3-6H2. The smallest absolute Gasteiger partial charge is 0.395 e. The van der Waals surface area contributed by atoms with Gasteiger partial charge in [0, 0.05) is 26.2 Å². The molecule has 1 aliphatic rings. The number of nitro groups is 1. The lowest BCUT2D eigenvalue weighted by Crippen LogP contribution is -2.46. The van der Waals surface area contributed by atoms with Crippen LogP contribution in [0, 0.1) is 10.1 Å². The van der Waals surface area contributed by atoms with Gasteiger partial charge < -0.3 is 14.6 Å². The van der Waals surface area contributed by atoms with E-state index in [1.807, 2.05) is 0 Å². The van der Waals surface area contributed by atoms with Gasteiger partial charge in [-0.15, -0.1) is 0 Å². The Labute approximate surface area is 91.2 Å². The van der Waals surface area contributed by atoms with Crippen LogP contribution in [0.3, 0.4) is 0 Å². The highest BCUT2D eigenvalue weighted by molar-refractivity contribution is 5.91. The molecule has 0 aliphatic carbocycles. The maximum Gasteiger partial charge on any atom is 0.433 e. The number of rotatable bonds is 2. The number of carbonyl (C=O) groups excluding carboxylic acids is 1. The molecule has 0 atom stereocenters. The number of nitrogens with zero attached hydrogens (tertiary/aromatic N) is 2. The third kappa shape index (κ3) is 2.03. The number of hydrogen-bond acceptors (Lipinski definition) is 5. The van der Waals surface area contributed by atoms with Gasteiger partial charge >= 0.3 is 5.88 Å². The average Bonchev–Trinajstić information content (AvgIpc) is 2.78. The van der Waals surface area contributed by atoms with Gasteiger partial charge in [0.25, 0.3) is 5.91 Å². The van der Waals surface area contributed by atoms with Crippen LogP contribution in [-0.2, 0) is 0 Å². The first kappa shape index (κ1) is 10.6. The van der Waals surface area contributed by atoms with Crippen molar-refractivity contribution in [1.82, 2.24) is 10.2 Å². The van der Waals surface area contributed by atoms with E-state index in [0.717, 1.165) is 13.1 Å². The molecule has 16 heavy (non-hydrogen) atoms. The first-order valence-electron chi connectivity index (χ1n) is 4.92. The minimum absolute atomic E-state index is 0.0219. The maximum atomic E-state index is 11.8. The van der Waals surface area contributed by atoms with Crippen LogP contribution < -0.4 is 5.32 Å². The Kier molecular flexibility index (Phi) is 2.86. The van der Waals surface area contributed by atoms with Crippen molar-refractivity contribution in [1.29, 1.82) is 0 Å². The zero-order chi connectivity index (χ0) is 11.5. The van der Waals surface area contributed by atoms with Crippen molar-refractivity contribution in [2.24, 2.45) is 0 Å². The lowest BCUT2D eigenvalue weighted by Gasteiger charge is -2.26. The predicted molar refractivity (Wildman–Crippen MR) is 54.1 cm³/mol. The first-order valence-corrected chi connectivity index (χ1v) is 4.92. The topological polar surface area (TPSA) is 88.6 Å². The number of carbonyl (C=O) groups is 1. The van der Waals surface area contributed by atoms with Crippen LogP contribution in [0.1, 0.15) is 10.6 Å². The molecule has 7 nitrogen and oxygen atoms in total. The highest BCUT2D eigenvalue weighted by Crippen LogP contribution is 2.17. The zero-order valence-electron chi connectivity index (χ0n) is 8.51. The molecular formula is C9H11N3O4. The quantitative estimate of drug-likeness (QED) is 0.575. The molecule has 1 aromatic rings. The van der Waals surface area contributed by atoms with Crippen molar-refractivity contribution in [2.75, 3.05) is 26.2 Å². The molecule has 1 aliphatic heterocycles. The molecule has 7 heteroatoms. The van der Waals surface area contributed by atoms with Gasteiger partial charge in [0.1, 0.15) is 4.92 Å². The number of piperazine rings is 1. The number of amides is 1. The molecule has 1 amide bonds. The molecule has 0 spiro atoms. The molecular weight excluding hydrogens is 214 g/mol. The molecule has 0 unspecified atom stereocenters. The fraction of sp³-hybridized carbons (Fsp3) is 0.444. The molecule has 1 fully saturated rings. The van der Waals surface area contributed by atoms with Crippen molar-refractivity contribution in [3.63, 3.8) is 0 Å². The summed E-state index contributed by atoms with van der Waals surface area (Å²) in [6.45, 7) is 2.64. The number of nitrogens with one attached hydrogen (secondary N) is 1. The van der Waals surface area contributed by atoms with E-state index in [2.05, 4.69) is 5.32 Å². The van der Waals surface area contributed by atoms with Gasteiger partial charge in [0.2, 0.25) is 0 Å². The summed E-state index contributed by atoms with van der Waals surface area (Å²) in [7, 11) is 0. The fourth-order valence-corrected chi connectivity index (χ4v) is 1.56. The molecule has 0 saturated carbocycles. The van der Waals surface area contributed by atoms with E-state index < -0.39 is 10.8 Å². The molecule has 0 bridgehead atoms. The first-order chi connectivity index (χ1) is 7.68. The molecule has 1 aromatic heterocycles. The summed E-state index contributed by atoms with van der Waals surface area (Å²) < 4.78 is 4.85. The molecule has 1 saturated heterocycles. The summed E-state index contributed by atoms with van der Waals surface area (Å²) >= 11 is 0. The van der Waals surface area contributed by atoms with Crippen LogP contribution in [0.15, 0.2) is 16.5 Å². The van der Waals surface area contributed by atoms with Gasteiger partial charge in [-0.1, -0.05) is 0 Å². The Morgan fingerprint density at radius 1 is 1.44 bits per heavy atom. The summed E-state index contributed by atoms with van der Waals surface area (Å²) in [4.78, 5) is 23.2. The van der Waals surface area contributed by atoms with Crippen molar-refractivity contribution in [2.45, 2.75) is 0 Å². The Morgan fingerprint density at radius 3 is 2.69 bits per heavy atom. The van der Waals surface area contributed by atoms with Gasteiger partial charge in [-0.2, -0.15) is 0 Å². The molecule has 2 heterocycles. The predicted octanol–water partition coefficient (Wildman–Crippen LogP) is 0.233. The van der Waals surface area contributed by atoms with Crippen LogP contribution in [0.25, 0.3) is 0 Å². The second-order valence-electron chi connectivity index (χ2n) is 3.44. The number of hydrogen-bond donors (Lipinski definition) is 1. The third-order valence-corrected chi connectivity index (χ3v) is 2.39. The largest absolute Gasteiger partial charge is 0.433 e. The zero-order valence-corrected chi connectivity index (χ0v) is 8.51. The van der Waals surface area contributed by atoms with Crippen LogP contribution in [0.4, 0.5) is 5.88 Å². The van der Waals surface area contributed by atoms with Crippen molar-refractivity contribution >= 4 is 11.8 Å². The van der Waals surface area contributed by atoms with Crippen LogP contribution in [-0.4, -0.2) is 41.9 Å². The van der Waals surface area contributed by atoms with E-state index in [9.17, 15) is 14.9 Å². The second-order valence-corrected chi connectivity index (χ2v) is 3.44. The van der Waals surface area contributed by atoms with E-state index >= 15 is 0 Å². The Balaban J connectivity index is 2.10. The maximum absolute atomic E-state index is 11.8. The van der Waals surface area contributed by atoms with E-state index in [0.29, 0.717) is 13.1 Å². The molecule has 2 rings (SSSR count). The fourth-order valence-electron chi connectivity index (χ4n) is 1.56. The second kappa shape index (κ2) is 4.31. The summed E-state index contributed by atoms with van der Waals surface area (Å²) in [5.74, 6) is -0.679. The summed E-state index contributed by atoms with van der Waals surface area (Å²) in [5.41, 5.74) is 0. The normalized spacial score (nSPS) is 16.1. The Hall–Kier alpha value is -1.89. The number of furan rings is 1. The SMILES string of the molecule is O=C(c1ccc([N+](=O)[O-])o1)N1CCNCC1.